The van der Waals surface area contributed by atoms with Crippen LogP contribution in [0.25, 0.3) is 10.9 Å². The quantitative estimate of drug-likeness (QED) is 0.702. The molecule has 2 aliphatic rings. The van der Waals surface area contributed by atoms with Crippen molar-refractivity contribution in [1.82, 2.24) is 9.47 Å². The molecule has 1 aromatic heterocycles. The number of nitrogens with zero attached hydrogens (tertiary/aromatic N) is 2. The summed E-state index contributed by atoms with van der Waals surface area (Å²) >= 11 is 3.63. The molecule has 1 fully saturated rings. The summed E-state index contributed by atoms with van der Waals surface area (Å²) < 4.78 is 3.79. The first-order valence-corrected chi connectivity index (χ1v) is 9.07. The second-order valence-electron chi connectivity index (χ2n) is 6.58. The fourth-order valence-electron chi connectivity index (χ4n) is 4.35. The lowest BCUT2D eigenvalue weighted by molar-refractivity contribution is 0.137. The molecule has 4 rings (SSSR count). The summed E-state index contributed by atoms with van der Waals surface area (Å²) in [5.74, 6) is 0. The van der Waals surface area contributed by atoms with E-state index in [-0.39, 0.29) is 0 Å². The number of likely N-dealkylation sites (tertiary alicyclic amines) is 1. The lowest BCUT2D eigenvalue weighted by Crippen LogP contribution is -2.36. The number of hydrogen-bond acceptors (Lipinski definition) is 1. The van der Waals surface area contributed by atoms with E-state index in [0.29, 0.717) is 6.04 Å². The van der Waals surface area contributed by atoms with Crippen molar-refractivity contribution in [3.8, 4) is 0 Å². The van der Waals surface area contributed by atoms with E-state index in [1.165, 1.54) is 72.7 Å². The maximum absolute atomic E-state index is 3.63. The largest absolute Gasteiger partial charge is 0.343 e. The topological polar surface area (TPSA) is 8.17 Å². The Balaban J connectivity index is 1.84. The molecule has 0 bridgehead atoms. The molecular weight excluding hydrogens is 324 g/mol. The lowest BCUT2D eigenvalue weighted by atomic mass is 9.96. The van der Waals surface area contributed by atoms with Crippen molar-refractivity contribution in [2.75, 3.05) is 13.1 Å². The summed E-state index contributed by atoms with van der Waals surface area (Å²) in [6, 6.07) is 7.40. The number of aryl methyl sites for hydroxylation is 2. The molecule has 0 spiro atoms. The molecule has 0 aliphatic carbocycles. The summed E-state index contributed by atoms with van der Waals surface area (Å²) in [6.45, 7) is 6.08. The van der Waals surface area contributed by atoms with E-state index in [2.05, 4.69) is 50.5 Å². The molecule has 1 unspecified atom stereocenters. The van der Waals surface area contributed by atoms with Crippen LogP contribution < -0.4 is 0 Å². The summed E-state index contributed by atoms with van der Waals surface area (Å²) in [4.78, 5) is 2.75. The van der Waals surface area contributed by atoms with E-state index < -0.39 is 0 Å². The van der Waals surface area contributed by atoms with Crippen molar-refractivity contribution < 1.29 is 0 Å². The molecule has 2 aromatic rings. The van der Waals surface area contributed by atoms with Crippen LogP contribution >= 0.6 is 15.9 Å². The molecule has 0 N–H and O–H groups in total. The fourth-order valence-corrected chi connectivity index (χ4v) is 4.71. The number of fused-ring (bicyclic) bond motifs is 3. The smallest absolute Gasteiger partial charge is 0.0504 e. The maximum atomic E-state index is 3.63. The SMILES string of the molecule is Cc1c2n(c3ccc(Br)cc13)CCCC2N1CCCCC1. The molecule has 1 aromatic carbocycles. The average molecular weight is 347 g/mol. The minimum Gasteiger partial charge on any atom is -0.343 e. The zero-order valence-electron chi connectivity index (χ0n) is 12.7. The van der Waals surface area contributed by atoms with E-state index in [9.17, 15) is 0 Å². The van der Waals surface area contributed by atoms with Crippen molar-refractivity contribution >= 4 is 26.8 Å². The number of piperidine rings is 1. The summed E-state index contributed by atoms with van der Waals surface area (Å²) in [6.07, 6.45) is 6.81. The van der Waals surface area contributed by atoms with Crippen LogP contribution in [-0.2, 0) is 6.54 Å². The van der Waals surface area contributed by atoms with Crippen LogP contribution in [-0.4, -0.2) is 22.6 Å². The van der Waals surface area contributed by atoms with Gasteiger partial charge in [0, 0.05) is 27.6 Å². The van der Waals surface area contributed by atoms with Gasteiger partial charge in [-0.2, -0.15) is 0 Å². The van der Waals surface area contributed by atoms with Gasteiger partial charge < -0.3 is 4.57 Å². The Hall–Kier alpha value is -0.800. The zero-order valence-corrected chi connectivity index (χ0v) is 14.3. The van der Waals surface area contributed by atoms with Gasteiger partial charge in [0.1, 0.15) is 0 Å². The normalized spacial score (nSPS) is 23.4. The Morgan fingerprint density at radius 2 is 1.86 bits per heavy atom. The second kappa shape index (κ2) is 5.44. The van der Waals surface area contributed by atoms with Crippen LogP contribution in [0.4, 0.5) is 0 Å². The van der Waals surface area contributed by atoms with E-state index in [0.717, 1.165) is 0 Å². The standard InChI is InChI=1S/C18H23BrN2/c1-13-15-12-14(19)7-8-16(15)21-11-5-6-17(18(13)21)20-9-3-2-4-10-20/h7-8,12,17H,2-6,9-11H2,1H3. The van der Waals surface area contributed by atoms with Gasteiger partial charge >= 0.3 is 0 Å². The number of aromatic nitrogens is 1. The first-order chi connectivity index (χ1) is 10.3. The molecule has 3 heteroatoms. The first kappa shape index (κ1) is 13.8. The van der Waals surface area contributed by atoms with Crippen molar-refractivity contribution in [2.24, 2.45) is 0 Å². The molecule has 2 nitrogen and oxygen atoms in total. The third-order valence-corrected chi connectivity index (χ3v) is 5.83. The highest BCUT2D eigenvalue weighted by Gasteiger charge is 2.30. The Kier molecular flexibility index (Phi) is 3.58. The van der Waals surface area contributed by atoms with Gasteiger partial charge in [0.15, 0.2) is 0 Å². The number of benzene rings is 1. The van der Waals surface area contributed by atoms with E-state index in [1.807, 2.05) is 0 Å². The average Bonchev–Trinajstić information content (AvgIpc) is 2.81. The molecule has 0 saturated carbocycles. The van der Waals surface area contributed by atoms with Crippen LogP contribution in [0.1, 0.15) is 49.4 Å². The highest BCUT2D eigenvalue weighted by molar-refractivity contribution is 9.10. The minimum absolute atomic E-state index is 0.644. The Morgan fingerprint density at radius 3 is 2.67 bits per heavy atom. The Morgan fingerprint density at radius 1 is 1.05 bits per heavy atom. The van der Waals surface area contributed by atoms with E-state index in [1.54, 1.807) is 5.69 Å². The Labute approximate surface area is 135 Å². The monoisotopic (exact) mass is 346 g/mol. The third-order valence-electron chi connectivity index (χ3n) is 5.33. The van der Waals surface area contributed by atoms with Gasteiger partial charge in [-0.3, -0.25) is 4.90 Å². The summed E-state index contributed by atoms with van der Waals surface area (Å²) in [5.41, 5.74) is 4.52. The van der Waals surface area contributed by atoms with Gasteiger partial charge in [0.2, 0.25) is 0 Å². The molecule has 0 amide bonds. The zero-order chi connectivity index (χ0) is 14.4. The number of halogens is 1. The molecule has 3 heterocycles. The third kappa shape index (κ3) is 2.25. The highest BCUT2D eigenvalue weighted by atomic mass is 79.9. The van der Waals surface area contributed by atoms with Crippen LogP contribution in [0.5, 0.6) is 0 Å². The predicted octanol–water partition coefficient (Wildman–Crippen LogP) is 5.03. The van der Waals surface area contributed by atoms with Gasteiger partial charge in [-0.25, -0.2) is 0 Å². The summed E-state index contributed by atoms with van der Waals surface area (Å²) in [5, 5.41) is 1.43. The Bertz CT molecular complexity index is 667. The van der Waals surface area contributed by atoms with Crippen molar-refractivity contribution in [1.29, 1.82) is 0 Å². The molecule has 1 saturated heterocycles. The molecule has 112 valence electrons. The number of rotatable bonds is 1. The number of hydrogen-bond donors (Lipinski definition) is 0. The lowest BCUT2D eigenvalue weighted by Gasteiger charge is -2.38. The van der Waals surface area contributed by atoms with Crippen LogP contribution in [0.2, 0.25) is 0 Å². The molecular formula is C18H23BrN2. The van der Waals surface area contributed by atoms with Crippen molar-refractivity contribution in [2.45, 2.75) is 51.6 Å². The maximum Gasteiger partial charge on any atom is 0.0504 e. The van der Waals surface area contributed by atoms with Gasteiger partial charge in [-0.1, -0.05) is 22.4 Å². The molecule has 21 heavy (non-hydrogen) atoms. The van der Waals surface area contributed by atoms with Gasteiger partial charge in [0.05, 0.1) is 6.04 Å². The van der Waals surface area contributed by atoms with Crippen molar-refractivity contribution in [3.63, 3.8) is 0 Å². The molecule has 0 radical (unpaired) electrons. The molecule has 1 atom stereocenters. The van der Waals surface area contributed by atoms with E-state index in [4.69, 9.17) is 0 Å². The van der Waals surface area contributed by atoms with Gasteiger partial charge in [-0.05, 0) is 69.5 Å². The van der Waals surface area contributed by atoms with E-state index >= 15 is 0 Å². The second-order valence-corrected chi connectivity index (χ2v) is 7.49. The van der Waals surface area contributed by atoms with Gasteiger partial charge in [0.25, 0.3) is 0 Å². The highest BCUT2D eigenvalue weighted by Crippen LogP contribution is 2.40. The minimum atomic E-state index is 0.644. The van der Waals surface area contributed by atoms with Crippen LogP contribution in [0.15, 0.2) is 22.7 Å². The fraction of sp³-hybridized carbons (Fsp3) is 0.556. The van der Waals surface area contributed by atoms with Crippen molar-refractivity contribution in [3.05, 3.63) is 33.9 Å². The van der Waals surface area contributed by atoms with Crippen LogP contribution in [0.3, 0.4) is 0 Å². The first-order valence-electron chi connectivity index (χ1n) is 8.28. The molecule has 2 aliphatic heterocycles. The summed E-state index contributed by atoms with van der Waals surface area (Å²) in [7, 11) is 0. The van der Waals surface area contributed by atoms with Gasteiger partial charge in [-0.15, -0.1) is 0 Å². The van der Waals surface area contributed by atoms with Crippen LogP contribution in [0, 0.1) is 6.92 Å². The predicted molar refractivity (Wildman–Crippen MR) is 91.8 cm³/mol.